The summed E-state index contributed by atoms with van der Waals surface area (Å²) in [5.74, 6) is 0.880. The molecule has 1 aromatic heterocycles. The molecule has 1 aliphatic rings. The molecule has 1 N–H and O–H groups in total. The molecule has 88 valence electrons. The van der Waals surface area contributed by atoms with E-state index in [2.05, 4.69) is 20.2 Å². The second kappa shape index (κ2) is 5.89. The lowest BCUT2D eigenvalue weighted by atomic mass is 10.2. The van der Waals surface area contributed by atoms with Gasteiger partial charge in [0, 0.05) is 31.5 Å². The molecule has 5 nitrogen and oxygen atoms in total. The van der Waals surface area contributed by atoms with Crippen molar-refractivity contribution in [2.24, 2.45) is 0 Å². The van der Waals surface area contributed by atoms with Gasteiger partial charge in [-0.25, -0.2) is 9.97 Å². The Morgan fingerprint density at radius 3 is 3.06 bits per heavy atom. The Morgan fingerprint density at radius 2 is 2.31 bits per heavy atom. The van der Waals surface area contributed by atoms with E-state index < -0.39 is 0 Å². The zero-order chi connectivity index (χ0) is 11.2. The van der Waals surface area contributed by atoms with Crippen molar-refractivity contribution >= 4 is 0 Å². The highest BCUT2D eigenvalue weighted by Gasteiger charge is 2.22. The third-order valence-electron chi connectivity index (χ3n) is 2.75. The van der Waals surface area contributed by atoms with E-state index in [-0.39, 0.29) is 0 Å². The van der Waals surface area contributed by atoms with Crippen molar-refractivity contribution in [2.75, 3.05) is 33.4 Å². The average molecular weight is 222 g/mol. The molecule has 1 saturated heterocycles. The van der Waals surface area contributed by atoms with E-state index in [9.17, 15) is 0 Å². The van der Waals surface area contributed by atoms with E-state index in [1.54, 1.807) is 12.4 Å². The first-order valence-corrected chi connectivity index (χ1v) is 5.62. The summed E-state index contributed by atoms with van der Waals surface area (Å²) < 4.78 is 5.48. The van der Waals surface area contributed by atoms with Crippen LogP contribution in [-0.2, 0) is 11.3 Å². The van der Waals surface area contributed by atoms with Crippen LogP contribution < -0.4 is 5.32 Å². The first-order valence-electron chi connectivity index (χ1n) is 5.62. The van der Waals surface area contributed by atoms with Crippen molar-refractivity contribution in [1.82, 2.24) is 20.2 Å². The molecule has 1 atom stereocenters. The zero-order valence-corrected chi connectivity index (χ0v) is 9.59. The van der Waals surface area contributed by atoms with E-state index in [0.717, 1.165) is 38.7 Å². The van der Waals surface area contributed by atoms with Gasteiger partial charge in [0.25, 0.3) is 0 Å². The minimum Gasteiger partial charge on any atom is -0.378 e. The number of rotatable bonds is 4. The molecule has 1 aromatic rings. The molecule has 0 amide bonds. The highest BCUT2D eigenvalue weighted by molar-refractivity contribution is 4.90. The molecular weight excluding hydrogens is 204 g/mol. The van der Waals surface area contributed by atoms with Gasteiger partial charge in [-0.1, -0.05) is 0 Å². The molecule has 0 spiro atoms. The molecule has 1 fully saturated rings. The van der Waals surface area contributed by atoms with Crippen molar-refractivity contribution in [3.05, 3.63) is 24.3 Å². The van der Waals surface area contributed by atoms with Gasteiger partial charge in [-0.05, 0) is 13.1 Å². The van der Waals surface area contributed by atoms with Gasteiger partial charge in [-0.15, -0.1) is 0 Å². The molecule has 5 heteroatoms. The maximum Gasteiger partial charge on any atom is 0.142 e. The summed E-state index contributed by atoms with van der Waals surface area (Å²) in [6, 6.07) is 2.26. The highest BCUT2D eigenvalue weighted by atomic mass is 16.5. The molecule has 0 radical (unpaired) electrons. The van der Waals surface area contributed by atoms with Crippen LogP contribution in [0.25, 0.3) is 0 Å². The van der Waals surface area contributed by atoms with Gasteiger partial charge < -0.3 is 10.1 Å². The molecule has 1 aliphatic heterocycles. The number of hydrogen-bond donors (Lipinski definition) is 1. The number of morpholine rings is 1. The summed E-state index contributed by atoms with van der Waals surface area (Å²) in [4.78, 5) is 10.9. The van der Waals surface area contributed by atoms with Gasteiger partial charge in [0.05, 0.1) is 19.8 Å². The van der Waals surface area contributed by atoms with E-state index in [1.165, 1.54) is 0 Å². The smallest absolute Gasteiger partial charge is 0.142 e. The highest BCUT2D eigenvalue weighted by Crippen LogP contribution is 2.09. The molecule has 0 aromatic carbocycles. The van der Waals surface area contributed by atoms with Gasteiger partial charge in [-0.3, -0.25) is 4.90 Å². The first-order chi connectivity index (χ1) is 7.90. The zero-order valence-electron chi connectivity index (χ0n) is 9.59. The van der Waals surface area contributed by atoms with E-state index in [0.29, 0.717) is 6.04 Å². The Kier molecular flexibility index (Phi) is 4.21. The third kappa shape index (κ3) is 2.98. The van der Waals surface area contributed by atoms with E-state index in [4.69, 9.17) is 4.74 Å². The fraction of sp³-hybridized carbons (Fsp3) is 0.636. The summed E-state index contributed by atoms with van der Waals surface area (Å²) in [6.07, 6.45) is 3.58. The van der Waals surface area contributed by atoms with E-state index in [1.807, 2.05) is 13.1 Å². The predicted molar refractivity (Wildman–Crippen MR) is 61.0 cm³/mol. The van der Waals surface area contributed by atoms with Crippen molar-refractivity contribution in [2.45, 2.75) is 12.6 Å². The van der Waals surface area contributed by atoms with Crippen molar-refractivity contribution < 1.29 is 4.74 Å². The van der Waals surface area contributed by atoms with Crippen LogP contribution in [0.5, 0.6) is 0 Å². The van der Waals surface area contributed by atoms with Gasteiger partial charge in [-0.2, -0.15) is 0 Å². The van der Waals surface area contributed by atoms with Gasteiger partial charge >= 0.3 is 0 Å². The lowest BCUT2D eigenvalue weighted by Gasteiger charge is -2.34. The standard InChI is InChI=1S/C11H18N4O/c1-12-7-10-9-16-6-5-15(10)8-11-13-3-2-4-14-11/h2-4,10,12H,5-9H2,1H3. The number of ether oxygens (including phenoxy) is 1. The maximum absolute atomic E-state index is 5.48. The van der Waals surface area contributed by atoms with Crippen LogP contribution in [-0.4, -0.2) is 54.3 Å². The normalized spacial score (nSPS) is 22.2. The van der Waals surface area contributed by atoms with Gasteiger partial charge in [0.15, 0.2) is 0 Å². The maximum atomic E-state index is 5.48. The fourth-order valence-electron chi connectivity index (χ4n) is 1.91. The van der Waals surface area contributed by atoms with Crippen molar-refractivity contribution in [1.29, 1.82) is 0 Å². The molecule has 16 heavy (non-hydrogen) atoms. The monoisotopic (exact) mass is 222 g/mol. The predicted octanol–water partition coefficient (Wildman–Crippen LogP) is -0.103. The summed E-state index contributed by atoms with van der Waals surface area (Å²) >= 11 is 0. The van der Waals surface area contributed by atoms with Crippen LogP contribution in [0.1, 0.15) is 5.82 Å². The Hall–Kier alpha value is -1.04. The van der Waals surface area contributed by atoms with Crippen molar-refractivity contribution in [3.8, 4) is 0 Å². The molecular formula is C11H18N4O. The first kappa shape index (κ1) is 11.4. The molecule has 2 heterocycles. The van der Waals surface area contributed by atoms with Crippen LogP contribution in [0.15, 0.2) is 18.5 Å². The topological polar surface area (TPSA) is 50.3 Å². The summed E-state index contributed by atoms with van der Waals surface area (Å²) in [5, 5.41) is 3.19. The second-order valence-electron chi connectivity index (χ2n) is 3.92. The molecule has 1 unspecified atom stereocenters. The number of likely N-dealkylation sites (N-methyl/N-ethyl adjacent to an activating group) is 1. The lowest BCUT2D eigenvalue weighted by molar-refractivity contribution is -0.0114. The number of hydrogen-bond acceptors (Lipinski definition) is 5. The molecule has 0 bridgehead atoms. The minimum absolute atomic E-state index is 0.419. The Morgan fingerprint density at radius 1 is 1.50 bits per heavy atom. The minimum atomic E-state index is 0.419. The molecule has 0 aliphatic carbocycles. The van der Waals surface area contributed by atoms with Crippen LogP contribution in [0.2, 0.25) is 0 Å². The summed E-state index contributed by atoms with van der Waals surface area (Å²) in [6.45, 7) is 4.27. The van der Waals surface area contributed by atoms with Crippen LogP contribution in [0.3, 0.4) is 0 Å². The summed E-state index contributed by atoms with van der Waals surface area (Å²) in [7, 11) is 1.96. The fourth-order valence-corrected chi connectivity index (χ4v) is 1.91. The number of nitrogens with one attached hydrogen (secondary N) is 1. The molecule has 0 saturated carbocycles. The average Bonchev–Trinajstić information content (AvgIpc) is 2.33. The Bertz CT molecular complexity index is 304. The largest absolute Gasteiger partial charge is 0.378 e. The third-order valence-corrected chi connectivity index (χ3v) is 2.75. The number of nitrogens with zero attached hydrogens (tertiary/aromatic N) is 3. The van der Waals surface area contributed by atoms with E-state index >= 15 is 0 Å². The van der Waals surface area contributed by atoms with Crippen LogP contribution in [0.4, 0.5) is 0 Å². The van der Waals surface area contributed by atoms with Crippen molar-refractivity contribution in [3.63, 3.8) is 0 Å². The van der Waals surface area contributed by atoms with Crippen LogP contribution in [0, 0.1) is 0 Å². The lowest BCUT2D eigenvalue weighted by Crippen LogP contribution is -2.49. The quantitative estimate of drug-likeness (QED) is 0.771. The Balaban J connectivity index is 1.96. The SMILES string of the molecule is CNCC1COCCN1Cc1ncccn1. The Labute approximate surface area is 95.8 Å². The number of aromatic nitrogens is 2. The second-order valence-corrected chi connectivity index (χ2v) is 3.92. The summed E-state index contributed by atoms with van der Waals surface area (Å²) in [5.41, 5.74) is 0. The van der Waals surface area contributed by atoms with Gasteiger partial charge in [0.1, 0.15) is 5.82 Å². The molecule has 2 rings (SSSR count). The van der Waals surface area contributed by atoms with Gasteiger partial charge in [0.2, 0.25) is 0 Å². The van der Waals surface area contributed by atoms with Crippen LogP contribution >= 0.6 is 0 Å².